The zero-order chi connectivity index (χ0) is 23.1. The highest BCUT2D eigenvalue weighted by atomic mass is 79.9. The van der Waals surface area contributed by atoms with Crippen LogP contribution in [0.15, 0.2) is 34.8 Å². The van der Waals surface area contributed by atoms with Crippen LogP contribution in [0.1, 0.15) is 37.0 Å². The summed E-state index contributed by atoms with van der Waals surface area (Å²) in [5.74, 6) is 0.114. The molecule has 2 aromatic carbocycles. The van der Waals surface area contributed by atoms with Gasteiger partial charge >= 0.3 is 0 Å². The SMILES string of the molecule is CCNC(=O)[C@H](CC)N(Cc1ccc(Cl)c(Cl)c1)C(=O)COc1cc(C)c(Br)c(C)c1. The van der Waals surface area contributed by atoms with E-state index in [-0.39, 0.29) is 25.0 Å². The highest BCUT2D eigenvalue weighted by Gasteiger charge is 2.28. The van der Waals surface area contributed by atoms with Crippen molar-refractivity contribution in [3.05, 3.63) is 61.5 Å². The Hall–Kier alpha value is -1.76. The van der Waals surface area contributed by atoms with Crippen LogP contribution in [-0.4, -0.2) is 35.9 Å². The number of hydrogen-bond acceptors (Lipinski definition) is 3. The van der Waals surface area contributed by atoms with E-state index >= 15 is 0 Å². The molecule has 5 nitrogen and oxygen atoms in total. The number of nitrogens with one attached hydrogen (secondary N) is 1. The van der Waals surface area contributed by atoms with E-state index in [2.05, 4.69) is 21.2 Å². The van der Waals surface area contributed by atoms with E-state index in [1.165, 1.54) is 4.90 Å². The molecule has 0 aliphatic rings. The van der Waals surface area contributed by atoms with E-state index in [0.29, 0.717) is 28.8 Å². The van der Waals surface area contributed by atoms with Gasteiger partial charge in [0.2, 0.25) is 5.91 Å². The average molecular weight is 530 g/mol. The molecule has 1 atom stereocenters. The molecule has 31 heavy (non-hydrogen) atoms. The predicted octanol–water partition coefficient (Wildman–Crippen LogP) is 5.70. The second-order valence-corrected chi connectivity index (χ2v) is 8.86. The van der Waals surface area contributed by atoms with Crippen molar-refractivity contribution in [3.63, 3.8) is 0 Å². The van der Waals surface area contributed by atoms with Crippen LogP contribution >= 0.6 is 39.1 Å². The fraction of sp³-hybridized carbons (Fsp3) is 0.391. The van der Waals surface area contributed by atoms with Gasteiger partial charge in [-0.3, -0.25) is 9.59 Å². The third kappa shape index (κ3) is 6.86. The molecule has 0 bridgehead atoms. The smallest absolute Gasteiger partial charge is 0.261 e. The number of amides is 2. The Morgan fingerprint density at radius 1 is 1.10 bits per heavy atom. The van der Waals surface area contributed by atoms with Crippen LogP contribution in [0.2, 0.25) is 10.0 Å². The van der Waals surface area contributed by atoms with Gasteiger partial charge < -0.3 is 15.0 Å². The van der Waals surface area contributed by atoms with Gasteiger partial charge in [-0.25, -0.2) is 0 Å². The fourth-order valence-electron chi connectivity index (χ4n) is 3.26. The van der Waals surface area contributed by atoms with E-state index < -0.39 is 6.04 Å². The number of benzene rings is 2. The maximum absolute atomic E-state index is 13.2. The Bertz CT molecular complexity index is 929. The van der Waals surface area contributed by atoms with Gasteiger partial charge in [0.1, 0.15) is 11.8 Å². The molecule has 0 radical (unpaired) electrons. The molecule has 0 unspecified atom stereocenters. The summed E-state index contributed by atoms with van der Waals surface area (Å²) >= 11 is 15.7. The topological polar surface area (TPSA) is 58.6 Å². The third-order valence-corrected chi connectivity index (χ3v) is 6.84. The molecule has 0 heterocycles. The van der Waals surface area contributed by atoms with Gasteiger partial charge in [-0.05, 0) is 68.1 Å². The van der Waals surface area contributed by atoms with Crippen molar-refractivity contribution in [3.8, 4) is 5.75 Å². The minimum Gasteiger partial charge on any atom is -0.484 e. The summed E-state index contributed by atoms with van der Waals surface area (Å²) < 4.78 is 6.80. The first-order valence-electron chi connectivity index (χ1n) is 10.1. The Morgan fingerprint density at radius 3 is 2.29 bits per heavy atom. The van der Waals surface area contributed by atoms with Crippen LogP contribution in [-0.2, 0) is 16.1 Å². The molecule has 0 aliphatic carbocycles. The second-order valence-electron chi connectivity index (χ2n) is 7.25. The molecular formula is C23H27BrCl2N2O3. The molecule has 1 N–H and O–H groups in total. The van der Waals surface area contributed by atoms with Crippen molar-refractivity contribution < 1.29 is 14.3 Å². The second kappa shape index (κ2) is 11.7. The number of ether oxygens (including phenoxy) is 1. The number of nitrogens with zero attached hydrogens (tertiary/aromatic N) is 1. The largest absolute Gasteiger partial charge is 0.484 e. The summed E-state index contributed by atoms with van der Waals surface area (Å²) in [5.41, 5.74) is 2.81. The Morgan fingerprint density at radius 2 is 1.74 bits per heavy atom. The first-order chi connectivity index (χ1) is 14.7. The normalized spacial score (nSPS) is 11.7. The first kappa shape index (κ1) is 25.5. The van der Waals surface area contributed by atoms with E-state index in [1.54, 1.807) is 18.2 Å². The molecule has 0 saturated heterocycles. The van der Waals surface area contributed by atoms with Crippen LogP contribution in [0.3, 0.4) is 0 Å². The third-order valence-electron chi connectivity index (χ3n) is 4.85. The highest BCUT2D eigenvalue weighted by Crippen LogP contribution is 2.27. The summed E-state index contributed by atoms with van der Waals surface area (Å²) in [7, 11) is 0. The molecule has 2 rings (SSSR count). The maximum Gasteiger partial charge on any atom is 0.261 e. The number of aryl methyl sites for hydroxylation is 2. The van der Waals surface area contributed by atoms with Gasteiger partial charge in [-0.15, -0.1) is 0 Å². The molecule has 168 valence electrons. The van der Waals surface area contributed by atoms with Crippen LogP contribution < -0.4 is 10.1 Å². The molecule has 0 saturated carbocycles. The summed E-state index contributed by atoms with van der Waals surface area (Å²) in [5, 5.41) is 3.64. The lowest BCUT2D eigenvalue weighted by Gasteiger charge is -2.30. The Labute approximate surface area is 202 Å². The first-order valence-corrected chi connectivity index (χ1v) is 11.6. The zero-order valence-corrected chi connectivity index (χ0v) is 21.2. The van der Waals surface area contributed by atoms with Crippen LogP contribution in [0, 0.1) is 13.8 Å². The van der Waals surface area contributed by atoms with E-state index in [0.717, 1.165) is 21.2 Å². The minimum absolute atomic E-state index is 0.183. The molecule has 2 aromatic rings. The van der Waals surface area contributed by atoms with Crippen molar-refractivity contribution in [1.29, 1.82) is 0 Å². The van der Waals surface area contributed by atoms with Crippen molar-refractivity contribution in [2.45, 2.75) is 46.7 Å². The minimum atomic E-state index is -0.626. The number of carbonyl (C=O) groups excluding carboxylic acids is 2. The fourth-order valence-corrected chi connectivity index (χ4v) is 3.81. The number of hydrogen-bond donors (Lipinski definition) is 1. The molecular weight excluding hydrogens is 503 g/mol. The number of likely N-dealkylation sites (N-methyl/N-ethyl adjacent to an activating group) is 1. The van der Waals surface area contributed by atoms with Crippen molar-refractivity contribution in [1.82, 2.24) is 10.2 Å². The molecule has 0 spiro atoms. The summed E-state index contributed by atoms with van der Waals surface area (Å²) in [6.07, 6.45) is 0.468. The number of halogens is 3. The van der Waals surface area contributed by atoms with E-state index in [1.807, 2.05) is 39.8 Å². The lowest BCUT2D eigenvalue weighted by molar-refractivity contribution is -0.142. The van der Waals surface area contributed by atoms with Gasteiger partial charge in [-0.1, -0.05) is 52.1 Å². The Kier molecular flexibility index (Phi) is 9.66. The Balaban J connectivity index is 2.26. The van der Waals surface area contributed by atoms with Crippen LogP contribution in [0.5, 0.6) is 5.75 Å². The molecule has 8 heteroatoms. The van der Waals surface area contributed by atoms with Crippen LogP contribution in [0.25, 0.3) is 0 Å². The summed E-state index contributed by atoms with van der Waals surface area (Å²) in [6.45, 7) is 8.16. The van der Waals surface area contributed by atoms with Gasteiger partial charge in [0.05, 0.1) is 10.0 Å². The van der Waals surface area contributed by atoms with Crippen molar-refractivity contribution in [2.75, 3.05) is 13.2 Å². The number of rotatable bonds is 9. The molecule has 0 aliphatic heterocycles. The highest BCUT2D eigenvalue weighted by molar-refractivity contribution is 9.10. The van der Waals surface area contributed by atoms with E-state index in [4.69, 9.17) is 27.9 Å². The van der Waals surface area contributed by atoms with Gasteiger partial charge in [-0.2, -0.15) is 0 Å². The van der Waals surface area contributed by atoms with Gasteiger partial charge in [0.15, 0.2) is 6.61 Å². The van der Waals surface area contributed by atoms with Crippen molar-refractivity contribution in [2.24, 2.45) is 0 Å². The monoisotopic (exact) mass is 528 g/mol. The average Bonchev–Trinajstić information content (AvgIpc) is 2.72. The maximum atomic E-state index is 13.2. The lowest BCUT2D eigenvalue weighted by Crippen LogP contribution is -2.50. The molecule has 0 fully saturated rings. The van der Waals surface area contributed by atoms with Gasteiger partial charge in [0.25, 0.3) is 5.91 Å². The number of carbonyl (C=O) groups is 2. The standard InChI is InChI=1S/C23H27BrCl2N2O3/c1-5-20(23(30)27-6-2)28(12-16-7-8-18(25)19(26)11-16)21(29)13-31-17-9-14(3)22(24)15(4)10-17/h7-11,20H,5-6,12-13H2,1-4H3,(H,27,30)/t20-/m0/s1. The zero-order valence-electron chi connectivity index (χ0n) is 18.1. The molecule has 0 aromatic heterocycles. The van der Waals surface area contributed by atoms with Crippen LogP contribution in [0.4, 0.5) is 0 Å². The summed E-state index contributed by atoms with van der Waals surface area (Å²) in [6, 6.07) is 8.29. The quantitative estimate of drug-likeness (QED) is 0.453. The molecule has 2 amide bonds. The predicted molar refractivity (Wildman–Crippen MR) is 129 cm³/mol. The van der Waals surface area contributed by atoms with E-state index in [9.17, 15) is 9.59 Å². The van der Waals surface area contributed by atoms with Gasteiger partial charge in [0, 0.05) is 17.6 Å². The summed E-state index contributed by atoms with van der Waals surface area (Å²) in [4.78, 5) is 27.3. The lowest BCUT2D eigenvalue weighted by atomic mass is 10.1. The van der Waals surface area contributed by atoms with Crippen molar-refractivity contribution >= 4 is 50.9 Å².